The molecule has 0 spiro atoms. The third-order valence-corrected chi connectivity index (χ3v) is 4.18. The van der Waals surface area contributed by atoms with Crippen molar-refractivity contribution in [3.8, 4) is 0 Å². The Morgan fingerprint density at radius 2 is 2.21 bits per heavy atom. The minimum Gasteiger partial charge on any atom is -0.363 e. The molecule has 4 nitrogen and oxygen atoms in total. The molecule has 2 heterocycles. The lowest BCUT2D eigenvalue weighted by atomic mass is 10.2. The molecule has 1 aromatic rings. The van der Waals surface area contributed by atoms with Crippen molar-refractivity contribution < 1.29 is 4.39 Å². The monoisotopic (exact) mass is 264 g/mol. The second-order valence-electron chi connectivity index (χ2n) is 5.69. The molecule has 19 heavy (non-hydrogen) atoms. The summed E-state index contributed by atoms with van der Waals surface area (Å²) in [6.07, 6.45) is 5.73. The van der Waals surface area contributed by atoms with Crippen molar-refractivity contribution in [1.29, 1.82) is 0 Å². The first-order valence-corrected chi connectivity index (χ1v) is 7.20. The van der Waals surface area contributed by atoms with Gasteiger partial charge in [-0.25, -0.2) is 14.4 Å². The lowest BCUT2D eigenvalue weighted by molar-refractivity contribution is 0.257. The summed E-state index contributed by atoms with van der Waals surface area (Å²) < 4.78 is 14.1. The number of hydrogen-bond donors (Lipinski definition) is 1. The Balaban J connectivity index is 1.68. The van der Waals surface area contributed by atoms with E-state index in [4.69, 9.17) is 0 Å². The number of aryl methyl sites for hydroxylation is 1. The number of hydrogen-bond acceptors (Lipinski definition) is 4. The van der Waals surface area contributed by atoms with E-state index in [0.717, 1.165) is 19.0 Å². The Hall–Kier alpha value is -1.23. The van der Waals surface area contributed by atoms with Crippen molar-refractivity contribution in [2.24, 2.45) is 0 Å². The van der Waals surface area contributed by atoms with Crippen LogP contribution in [0, 0.1) is 5.82 Å². The van der Waals surface area contributed by atoms with E-state index in [0.29, 0.717) is 30.0 Å². The van der Waals surface area contributed by atoms with E-state index in [1.54, 1.807) is 0 Å². The van der Waals surface area contributed by atoms with Crippen LogP contribution in [0.4, 0.5) is 10.2 Å². The van der Waals surface area contributed by atoms with Crippen LogP contribution in [0.25, 0.3) is 0 Å². The van der Waals surface area contributed by atoms with Gasteiger partial charge in [-0.1, -0.05) is 6.92 Å². The summed E-state index contributed by atoms with van der Waals surface area (Å²) in [5.41, 5.74) is 0.489. The molecular weight excluding hydrogens is 243 g/mol. The molecule has 1 aliphatic carbocycles. The molecule has 3 rings (SSSR count). The van der Waals surface area contributed by atoms with E-state index in [-0.39, 0.29) is 5.82 Å². The second kappa shape index (κ2) is 5.04. The third kappa shape index (κ3) is 2.56. The fraction of sp³-hybridized carbons (Fsp3) is 0.714. The van der Waals surface area contributed by atoms with Crippen LogP contribution in [-0.2, 0) is 6.42 Å². The van der Waals surface area contributed by atoms with Crippen LogP contribution in [0.15, 0.2) is 6.33 Å². The quantitative estimate of drug-likeness (QED) is 0.905. The van der Waals surface area contributed by atoms with E-state index in [1.807, 2.05) is 6.92 Å². The molecule has 1 saturated carbocycles. The van der Waals surface area contributed by atoms with Crippen LogP contribution in [-0.4, -0.2) is 39.5 Å². The minimum absolute atomic E-state index is 0.289. The summed E-state index contributed by atoms with van der Waals surface area (Å²) in [5, 5.41) is 3.26. The van der Waals surface area contributed by atoms with Gasteiger partial charge in [-0.05, 0) is 32.6 Å². The SMILES string of the molecule is CCc1ncnc(NC2CC(C)N(C3CC3)C2)c1F. The molecule has 5 heteroatoms. The Morgan fingerprint density at radius 1 is 1.42 bits per heavy atom. The van der Waals surface area contributed by atoms with Gasteiger partial charge >= 0.3 is 0 Å². The fourth-order valence-electron chi connectivity index (χ4n) is 3.02. The van der Waals surface area contributed by atoms with Crippen molar-refractivity contribution in [1.82, 2.24) is 14.9 Å². The maximum absolute atomic E-state index is 14.1. The first-order chi connectivity index (χ1) is 9.19. The number of nitrogens with one attached hydrogen (secondary N) is 1. The highest BCUT2D eigenvalue weighted by molar-refractivity contribution is 5.39. The van der Waals surface area contributed by atoms with Crippen LogP contribution >= 0.6 is 0 Å². The standard InChI is InChI=1S/C14H21FN4/c1-3-12-13(15)14(17-8-16-12)18-10-6-9(2)19(7-10)11-4-5-11/h8-11H,3-7H2,1-2H3,(H,16,17,18). The zero-order chi connectivity index (χ0) is 13.4. The maximum Gasteiger partial charge on any atom is 0.186 e. The molecule has 2 atom stereocenters. The van der Waals surface area contributed by atoms with Crippen molar-refractivity contribution >= 4 is 5.82 Å². The van der Waals surface area contributed by atoms with E-state index in [9.17, 15) is 4.39 Å². The highest BCUT2D eigenvalue weighted by atomic mass is 19.1. The predicted octanol–water partition coefficient (Wildman–Crippen LogP) is 2.22. The van der Waals surface area contributed by atoms with E-state index < -0.39 is 0 Å². The number of likely N-dealkylation sites (tertiary alicyclic amines) is 1. The molecule has 0 radical (unpaired) electrons. The van der Waals surface area contributed by atoms with Crippen LogP contribution < -0.4 is 5.32 Å². The second-order valence-corrected chi connectivity index (χ2v) is 5.69. The molecule has 1 saturated heterocycles. The largest absolute Gasteiger partial charge is 0.363 e. The average Bonchev–Trinajstić information content (AvgIpc) is 3.17. The molecule has 2 unspecified atom stereocenters. The molecule has 0 aromatic carbocycles. The summed E-state index contributed by atoms with van der Waals surface area (Å²) in [7, 11) is 0. The Labute approximate surface area is 113 Å². The van der Waals surface area contributed by atoms with Gasteiger partial charge in [0.15, 0.2) is 11.6 Å². The van der Waals surface area contributed by atoms with Gasteiger partial charge in [0.2, 0.25) is 0 Å². The predicted molar refractivity (Wildman–Crippen MR) is 72.6 cm³/mol. The van der Waals surface area contributed by atoms with Crippen molar-refractivity contribution in [3.63, 3.8) is 0 Å². The number of rotatable bonds is 4. The molecular formula is C14H21FN4. The van der Waals surface area contributed by atoms with Gasteiger partial charge in [0, 0.05) is 24.7 Å². The topological polar surface area (TPSA) is 41.1 Å². The zero-order valence-corrected chi connectivity index (χ0v) is 11.6. The number of halogens is 1. The van der Waals surface area contributed by atoms with Crippen molar-refractivity contribution in [2.45, 2.75) is 57.7 Å². The van der Waals surface area contributed by atoms with Gasteiger partial charge in [-0.15, -0.1) is 0 Å². The van der Waals surface area contributed by atoms with Gasteiger partial charge in [-0.2, -0.15) is 0 Å². The third-order valence-electron chi connectivity index (χ3n) is 4.18. The first kappa shape index (κ1) is 12.8. The fourth-order valence-corrected chi connectivity index (χ4v) is 3.02. The van der Waals surface area contributed by atoms with Gasteiger partial charge in [0.25, 0.3) is 0 Å². The summed E-state index contributed by atoms with van der Waals surface area (Å²) >= 11 is 0. The van der Waals surface area contributed by atoms with Gasteiger partial charge in [0.05, 0.1) is 5.69 Å². The zero-order valence-electron chi connectivity index (χ0n) is 11.6. The smallest absolute Gasteiger partial charge is 0.186 e. The molecule has 104 valence electrons. The van der Waals surface area contributed by atoms with Crippen LogP contribution in [0.5, 0.6) is 0 Å². The molecule has 0 bridgehead atoms. The molecule has 2 aliphatic rings. The summed E-state index contributed by atoms with van der Waals surface area (Å²) in [4.78, 5) is 10.5. The van der Waals surface area contributed by atoms with Crippen LogP contribution in [0.3, 0.4) is 0 Å². The van der Waals surface area contributed by atoms with Gasteiger partial charge in [-0.3, -0.25) is 4.90 Å². The first-order valence-electron chi connectivity index (χ1n) is 7.20. The molecule has 1 N–H and O–H groups in total. The highest BCUT2D eigenvalue weighted by Gasteiger charge is 2.38. The Bertz CT molecular complexity index is 461. The van der Waals surface area contributed by atoms with Gasteiger partial charge < -0.3 is 5.32 Å². The molecule has 2 fully saturated rings. The average molecular weight is 264 g/mol. The lowest BCUT2D eigenvalue weighted by Crippen LogP contribution is -2.31. The van der Waals surface area contributed by atoms with E-state index in [2.05, 4.69) is 27.1 Å². The maximum atomic E-state index is 14.1. The normalized spacial score (nSPS) is 27.7. The minimum atomic E-state index is -0.289. The van der Waals surface area contributed by atoms with Gasteiger partial charge in [0.1, 0.15) is 6.33 Å². The van der Waals surface area contributed by atoms with E-state index in [1.165, 1.54) is 19.2 Å². The highest BCUT2D eigenvalue weighted by Crippen LogP contribution is 2.34. The lowest BCUT2D eigenvalue weighted by Gasteiger charge is -2.19. The van der Waals surface area contributed by atoms with Crippen LogP contribution in [0.2, 0.25) is 0 Å². The molecule has 0 amide bonds. The Kier molecular flexibility index (Phi) is 3.39. The number of anilines is 1. The van der Waals surface area contributed by atoms with E-state index >= 15 is 0 Å². The molecule has 1 aromatic heterocycles. The number of nitrogens with zero attached hydrogens (tertiary/aromatic N) is 3. The number of aromatic nitrogens is 2. The Morgan fingerprint density at radius 3 is 2.89 bits per heavy atom. The summed E-state index contributed by atoms with van der Waals surface area (Å²) in [6, 6.07) is 1.65. The molecule has 1 aliphatic heterocycles. The van der Waals surface area contributed by atoms with Crippen molar-refractivity contribution in [3.05, 3.63) is 17.8 Å². The summed E-state index contributed by atoms with van der Waals surface area (Å²) in [5.74, 6) is 0.0734. The van der Waals surface area contributed by atoms with Crippen molar-refractivity contribution in [2.75, 3.05) is 11.9 Å². The van der Waals surface area contributed by atoms with Crippen LogP contribution in [0.1, 0.15) is 38.8 Å². The summed E-state index contributed by atoms with van der Waals surface area (Å²) in [6.45, 7) is 5.16.